The van der Waals surface area contributed by atoms with E-state index in [-0.39, 0.29) is 5.78 Å². The van der Waals surface area contributed by atoms with E-state index in [1.807, 2.05) is 0 Å². The molecule has 0 saturated heterocycles. The summed E-state index contributed by atoms with van der Waals surface area (Å²) < 4.78 is 0. The number of rotatable bonds is 2. The van der Waals surface area contributed by atoms with E-state index in [9.17, 15) is 4.79 Å². The first kappa shape index (κ1) is 8.96. The second-order valence-electron chi connectivity index (χ2n) is 2.25. The number of pyridine rings is 1. The largest absolute Gasteiger partial charge is 0.307 e. The van der Waals surface area contributed by atoms with Crippen LogP contribution in [-0.4, -0.2) is 10.8 Å². The van der Waals surface area contributed by atoms with Gasteiger partial charge in [0.2, 0.25) is 0 Å². The molecule has 0 bridgehead atoms. The number of Topliss-reactive ketones (excluding diaryl/α,β-unsaturated/α-hetero) is 1. The van der Waals surface area contributed by atoms with Crippen molar-refractivity contribution >= 4 is 23.2 Å². The van der Waals surface area contributed by atoms with Crippen molar-refractivity contribution in [1.29, 1.82) is 0 Å². The van der Waals surface area contributed by atoms with E-state index in [1.54, 1.807) is 0 Å². The second kappa shape index (κ2) is 3.51. The molecule has 0 saturated carbocycles. The fourth-order valence-corrected chi connectivity index (χ4v) is 0.958. The first-order valence-corrected chi connectivity index (χ1v) is 3.66. The van der Waals surface area contributed by atoms with Gasteiger partial charge in [0.15, 0.2) is 11.6 Å². The highest BCUT2D eigenvalue weighted by Crippen LogP contribution is 2.18. The highest BCUT2D eigenvalue weighted by molar-refractivity contribution is 6.33. The van der Waals surface area contributed by atoms with Crippen LogP contribution < -0.4 is 11.3 Å². The first-order chi connectivity index (χ1) is 5.65. The number of nitrogen functional groups attached to an aromatic ring is 1. The number of nitrogens with two attached hydrogens (primary N) is 1. The van der Waals surface area contributed by atoms with Crippen LogP contribution >= 0.6 is 11.6 Å². The topological polar surface area (TPSA) is 68.0 Å². The quantitative estimate of drug-likeness (QED) is 0.413. The number of nitrogens with one attached hydrogen (secondary N) is 1. The summed E-state index contributed by atoms with van der Waals surface area (Å²) in [6.45, 7) is 1.45. The minimum absolute atomic E-state index is 0.0760. The number of hydrazine groups is 1. The molecule has 64 valence electrons. The maximum Gasteiger partial charge on any atom is 0.161 e. The summed E-state index contributed by atoms with van der Waals surface area (Å²) in [5, 5.41) is 0.338. The molecule has 0 aliphatic carbocycles. The molecule has 0 aliphatic heterocycles. The first-order valence-electron chi connectivity index (χ1n) is 3.28. The van der Waals surface area contributed by atoms with Crippen LogP contribution in [0.1, 0.15) is 17.3 Å². The van der Waals surface area contributed by atoms with Gasteiger partial charge in [-0.15, -0.1) is 0 Å². The molecule has 1 aromatic heterocycles. The summed E-state index contributed by atoms with van der Waals surface area (Å²) in [6.07, 6.45) is 1.42. The van der Waals surface area contributed by atoms with Crippen LogP contribution in [0.5, 0.6) is 0 Å². The Labute approximate surface area is 74.7 Å². The molecule has 1 heterocycles. The fourth-order valence-electron chi connectivity index (χ4n) is 0.737. The van der Waals surface area contributed by atoms with E-state index in [4.69, 9.17) is 17.4 Å². The Kier molecular flexibility index (Phi) is 2.62. The molecule has 0 radical (unpaired) electrons. The van der Waals surface area contributed by atoms with Crippen molar-refractivity contribution in [3.8, 4) is 0 Å². The zero-order valence-electron chi connectivity index (χ0n) is 6.47. The van der Waals surface area contributed by atoms with Gasteiger partial charge in [-0.3, -0.25) is 4.79 Å². The van der Waals surface area contributed by atoms with Crippen molar-refractivity contribution in [3.63, 3.8) is 0 Å². The van der Waals surface area contributed by atoms with Gasteiger partial charge in [0.05, 0.1) is 5.02 Å². The predicted octanol–water partition coefficient (Wildman–Crippen LogP) is 1.22. The normalized spacial score (nSPS) is 9.58. The van der Waals surface area contributed by atoms with Gasteiger partial charge in [-0.05, 0) is 13.0 Å². The molecule has 12 heavy (non-hydrogen) atoms. The van der Waals surface area contributed by atoms with Crippen molar-refractivity contribution in [2.75, 3.05) is 5.43 Å². The molecule has 4 nitrogen and oxygen atoms in total. The molecule has 0 aromatic carbocycles. The van der Waals surface area contributed by atoms with E-state index in [0.29, 0.717) is 16.4 Å². The maximum absolute atomic E-state index is 10.8. The zero-order chi connectivity index (χ0) is 9.14. The number of carbonyl (C=O) groups excluding carboxylic acids is 1. The van der Waals surface area contributed by atoms with E-state index >= 15 is 0 Å². The third kappa shape index (κ3) is 1.72. The fraction of sp³-hybridized carbons (Fsp3) is 0.143. The SMILES string of the molecule is CC(=O)c1cnc(NN)c(Cl)c1. The third-order valence-electron chi connectivity index (χ3n) is 1.38. The standard InChI is InChI=1S/C7H8ClN3O/c1-4(12)5-2-6(8)7(11-9)10-3-5/h2-3H,9H2,1H3,(H,10,11). The summed E-state index contributed by atoms with van der Waals surface area (Å²) in [6, 6.07) is 1.52. The van der Waals surface area contributed by atoms with Gasteiger partial charge in [-0.25, -0.2) is 10.8 Å². The van der Waals surface area contributed by atoms with Crippen molar-refractivity contribution in [3.05, 3.63) is 22.8 Å². The van der Waals surface area contributed by atoms with Gasteiger partial charge in [-0.2, -0.15) is 0 Å². The highest BCUT2D eigenvalue weighted by Gasteiger charge is 2.04. The van der Waals surface area contributed by atoms with Gasteiger partial charge in [-0.1, -0.05) is 11.6 Å². The minimum atomic E-state index is -0.0760. The summed E-state index contributed by atoms with van der Waals surface area (Å²) in [5.41, 5.74) is 2.78. The van der Waals surface area contributed by atoms with Crippen molar-refractivity contribution < 1.29 is 4.79 Å². The van der Waals surface area contributed by atoms with Crippen molar-refractivity contribution in [2.24, 2.45) is 5.84 Å². The Morgan fingerprint density at radius 2 is 2.42 bits per heavy atom. The second-order valence-corrected chi connectivity index (χ2v) is 2.66. The van der Waals surface area contributed by atoms with Crippen LogP contribution in [0.3, 0.4) is 0 Å². The van der Waals surface area contributed by atoms with Gasteiger partial charge in [0, 0.05) is 11.8 Å². The molecule has 1 rings (SSSR count). The lowest BCUT2D eigenvalue weighted by molar-refractivity contribution is 0.101. The molecule has 5 heteroatoms. The highest BCUT2D eigenvalue weighted by atomic mass is 35.5. The number of hydrogen-bond acceptors (Lipinski definition) is 4. The number of halogens is 1. The summed E-state index contributed by atoms with van der Waals surface area (Å²) in [5.74, 6) is 5.38. The molecule has 0 aliphatic rings. The van der Waals surface area contributed by atoms with Crippen LogP contribution in [0.4, 0.5) is 5.82 Å². The Morgan fingerprint density at radius 3 is 2.83 bits per heavy atom. The van der Waals surface area contributed by atoms with Crippen molar-refractivity contribution in [1.82, 2.24) is 4.98 Å². The smallest absolute Gasteiger partial charge is 0.161 e. The molecular weight excluding hydrogens is 178 g/mol. The average molecular weight is 186 g/mol. The molecule has 0 atom stereocenters. The molecule has 0 spiro atoms. The molecule has 0 unspecified atom stereocenters. The van der Waals surface area contributed by atoms with Crippen LogP contribution in [-0.2, 0) is 0 Å². The summed E-state index contributed by atoms with van der Waals surface area (Å²) >= 11 is 5.72. The van der Waals surface area contributed by atoms with Crippen LogP contribution in [0.15, 0.2) is 12.3 Å². The predicted molar refractivity (Wildman–Crippen MR) is 47.1 cm³/mol. The lowest BCUT2D eigenvalue weighted by Gasteiger charge is -2.02. The lowest BCUT2D eigenvalue weighted by atomic mass is 10.2. The van der Waals surface area contributed by atoms with Crippen LogP contribution in [0, 0.1) is 0 Å². The number of ketones is 1. The Balaban J connectivity index is 3.10. The maximum atomic E-state index is 10.8. The average Bonchev–Trinajstić information content (AvgIpc) is 2.04. The van der Waals surface area contributed by atoms with E-state index in [1.165, 1.54) is 19.2 Å². The Hall–Kier alpha value is -1.13. The van der Waals surface area contributed by atoms with Gasteiger partial charge >= 0.3 is 0 Å². The Morgan fingerprint density at radius 1 is 1.75 bits per heavy atom. The van der Waals surface area contributed by atoms with Gasteiger partial charge in [0.25, 0.3) is 0 Å². The van der Waals surface area contributed by atoms with Crippen LogP contribution in [0.2, 0.25) is 5.02 Å². The zero-order valence-corrected chi connectivity index (χ0v) is 7.22. The van der Waals surface area contributed by atoms with E-state index in [2.05, 4.69) is 10.4 Å². The lowest BCUT2D eigenvalue weighted by Crippen LogP contribution is -2.09. The summed E-state index contributed by atoms with van der Waals surface area (Å²) in [4.78, 5) is 14.7. The van der Waals surface area contributed by atoms with Crippen LogP contribution in [0.25, 0.3) is 0 Å². The third-order valence-corrected chi connectivity index (χ3v) is 1.67. The molecule has 3 N–H and O–H groups in total. The number of aromatic nitrogens is 1. The minimum Gasteiger partial charge on any atom is -0.307 e. The van der Waals surface area contributed by atoms with E-state index < -0.39 is 0 Å². The van der Waals surface area contributed by atoms with E-state index in [0.717, 1.165) is 0 Å². The van der Waals surface area contributed by atoms with Gasteiger partial charge in [0.1, 0.15) is 0 Å². The van der Waals surface area contributed by atoms with Crippen molar-refractivity contribution in [2.45, 2.75) is 6.92 Å². The number of nitrogens with zero attached hydrogens (tertiary/aromatic N) is 1. The summed E-state index contributed by atoms with van der Waals surface area (Å²) in [7, 11) is 0. The van der Waals surface area contributed by atoms with Gasteiger partial charge < -0.3 is 5.43 Å². The molecule has 1 aromatic rings. The molecule has 0 amide bonds. The number of carbonyl (C=O) groups is 1. The monoisotopic (exact) mass is 185 g/mol. The Bertz CT molecular complexity index is 314. The number of anilines is 1. The molecular formula is C7H8ClN3O. The molecule has 0 fully saturated rings. The number of hydrogen-bond donors (Lipinski definition) is 2.